The van der Waals surface area contributed by atoms with Gasteiger partial charge >= 0.3 is 0 Å². The molecule has 0 radical (unpaired) electrons. The van der Waals surface area contributed by atoms with Crippen molar-refractivity contribution in [2.24, 2.45) is 0 Å². The SMILES string of the molecule is Brc1cc(Oc2cccc(-n3cc(-c4ccccc4)cn3)c2)c2c(c1)c1ccccc1n2-c1ccccc1. The average Bonchev–Trinajstić information content (AvgIpc) is 3.58. The van der Waals surface area contributed by atoms with Crippen LogP contribution in [0, 0.1) is 0 Å². The molecule has 4 nitrogen and oxygen atoms in total. The van der Waals surface area contributed by atoms with Crippen molar-refractivity contribution < 1.29 is 4.74 Å². The predicted molar refractivity (Wildman–Crippen MR) is 158 cm³/mol. The number of para-hydroxylation sites is 2. The molecule has 0 atom stereocenters. The Labute approximate surface area is 228 Å². The number of aromatic nitrogens is 3. The number of benzene rings is 5. The summed E-state index contributed by atoms with van der Waals surface area (Å²) in [6.07, 6.45) is 3.93. The molecule has 0 N–H and O–H groups in total. The summed E-state index contributed by atoms with van der Waals surface area (Å²) in [4.78, 5) is 0. The second-order valence-corrected chi connectivity index (χ2v) is 10.0. The highest BCUT2D eigenvalue weighted by Gasteiger charge is 2.18. The molecule has 7 aromatic rings. The van der Waals surface area contributed by atoms with E-state index in [2.05, 4.69) is 92.3 Å². The van der Waals surface area contributed by atoms with Crippen molar-refractivity contribution >= 4 is 37.7 Å². The fraction of sp³-hybridized carbons (Fsp3) is 0. The molecule has 7 rings (SSSR count). The van der Waals surface area contributed by atoms with E-state index in [1.165, 1.54) is 5.39 Å². The van der Waals surface area contributed by atoms with E-state index >= 15 is 0 Å². The second-order valence-electron chi connectivity index (χ2n) is 9.13. The third-order valence-corrected chi connectivity index (χ3v) is 7.17. The molecular weight excluding hydrogens is 534 g/mol. The summed E-state index contributed by atoms with van der Waals surface area (Å²) >= 11 is 3.72. The van der Waals surface area contributed by atoms with Crippen LogP contribution in [-0.4, -0.2) is 14.3 Å². The van der Waals surface area contributed by atoms with E-state index in [0.717, 1.165) is 54.9 Å². The van der Waals surface area contributed by atoms with Crippen molar-refractivity contribution in [2.75, 3.05) is 0 Å². The van der Waals surface area contributed by atoms with E-state index in [4.69, 9.17) is 4.74 Å². The first-order chi connectivity index (χ1) is 18.7. The number of fused-ring (bicyclic) bond motifs is 3. The molecule has 38 heavy (non-hydrogen) atoms. The van der Waals surface area contributed by atoms with Crippen LogP contribution < -0.4 is 4.74 Å². The maximum Gasteiger partial charge on any atom is 0.153 e. The van der Waals surface area contributed by atoms with Crippen molar-refractivity contribution in [2.45, 2.75) is 0 Å². The van der Waals surface area contributed by atoms with Crippen LogP contribution in [0.3, 0.4) is 0 Å². The summed E-state index contributed by atoms with van der Waals surface area (Å²) in [6, 6.07) is 41.4. The molecular formula is C33H22BrN3O. The van der Waals surface area contributed by atoms with Crippen molar-refractivity contribution in [3.05, 3.63) is 138 Å². The minimum Gasteiger partial charge on any atom is -0.455 e. The van der Waals surface area contributed by atoms with E-state index in [9.17, 15) is 0 Å². The summed E-state index contributed by atoms with van der Waals surface area (Å²) in [5.74, 6) is 1.51. The lowest BCUT2D eigenvalue weighted by molar-refractivity contribution is 0.486. The zero-order valence-corrected chi connectivity index (χ0v) is 21.9. The van der Waals surface area contributed by atoms with Gasteiger partial charge in [-0.05, 0) is 48.0 Å². The van der Waals surface area contributed by atoms with Gasteiger partial charge in [0, 0.05) is 38.8 Å². The van der Waals surface area contributed by atoms with Gasteiger partial charge in [-0.2, -0.15) is 5.10 Å². The maximum atomic E-state index is 6.63. The number of hydrogen-bond acceptors (Lipinski definition) is 2. The molecule has 2 heterocycles. The normalized spacial score (nSPS) is 11.3. The Hall–Kier alpha value is -4.61. The third kappa shape index (κ3) is 3.98. The van der Waals surface area contributed by atoms with Crippen LogP contribution >= 0.6 is 15.9 Å². The molecule has 5 aromatic carbocycles. The zero-order valence-electron chi connectivity index (χ0n) is 20.3. The average molecular weight is 556 g/mol. The van der Waals surface area contributed by atoms with Crippen LogP contribution in [0.4, 0.5) is 0 Å². The first kappa shape index (κ1) is 22.6. The number of ether oxygens (including phenoxy) is 1. The second kappa shape index (κ2) is 9.36. The topological polar surface area (TPSA) is 32.0 Å². The fourth-order valence-corrected chi connectivity index (χ4v) is 5.45. The lowest BCUT2D eigenvalue weighted by Gasteiger charge is -2.13. The zero-order chi connectivity index (χ0) is 25.5. The van der Waals surface area contributed by atoms with Crippen LogP contribution in [0.1, 0.15) is 0 Å². The summed E-state index contributed by atoms with van der Waals surface area (Å²) in [5.41, 5.74) is 6.38. The Balaban J connectivity index is 1.34. The monoisotopic (exact) mass is 555 g/mol. The van der Waals surface area contributed by atoms with Gasteiger partial charge in [0.1, 0.15) is 5.75 Å². The Bertz CT molecular complexity index is 1910. The number of rotatable bonds is 5. The van der Waals surface area contributed by atoms with E-state index in [1.54, 1.807) is 0 Å². The van der Waals surface area contributed by atoms with E-state index < -0.39 is 0 Å². The van der Waals surface area contributed by atoms with Gasteiger partial charge in [0.15, 0.2) is 5.75 Å². The predicted octanol–water partition coefficient (Wildman–Crippen LogP) is 9.19. The van der Waals surface area contributed by atoms with Gasteiger partial charge in [0.25, 0.3) is 0 Å². The highest BCUT2D eigenvalue weighted by Crippen LogP contribution is 2.41. The lowest BCUT2D eigenvalue weighted by Crippen LogP contribution is -1.97. The highest BCUT2D eigenvalue weighted by atomic mass is 79.9. The third-order valence-electron chi connectivity index (χ3n) is 6.71. The number of hydrogen-bond donors (Lipinski definition) is 0. The Kier molecular flexibility index (Phi) is 5.56. The molecule has 0 aliphatic carbocycles. The molecule has 2 aromatic heterocycles. The van der Waals surface area contributed by atoms with Crippen molar-refractivity contribution in [3.8, 4) is 34.0 Å². The van der Waals surface area contributed by atoms with Gasteiger partial charge in [0.2, 0.25) is 0 Å². The highest BCUT2D eigenvalue weighted by molar-refractivity contribution is 9.10. The quantitative estimate of drug-likeness (QED) is 0.212. The largest absolute Gasteiger partial charge is 0.455 e. The fourth-order valence-electron chi connectivity index (χ4n) is 5.01. The van der Waals surface area contributed by atoms with Crippen LogP contribution in [0.2, 0.25) is 0 Å². The van der Waals surface area contributed by atoms with Gasteiger partial charge in [-0.3, -0.25) is 0 Å². The molecule has 0 amide bonds. The molecule has 0 saturated carbocycles. The minimum absolute atomic E-state index is 0.739. The Morgan fingerprint density at radius 3 is 2.21 bits per heavy atom. The lowest BCUT2D eigenvalue weighted by atomic mass is 10.1. The van der Waals surface area contributed by atoms with Gasteiger partial charge < -0.3 is 9.30 Å². The molecule has 5 heteroatoms. The van der Waals surface area contributed by atoms with Crippen LogP contribution in [-0.2, 0) is 0 Å². The van der Waals surface area contributed by atoms with Gasteiger partial charge in [-0.15, -0.1) is 0 Å². The smallest absolute Gasteiger partial charge is 0.153 e. The maximum absolute atomic E-state index is 6.63. The molecule has 0 bridgehead atoms. The van der Waals surface area contributed by atoms with Gasteiger partial charge in [-0.1, -0.05) is 88.7 Å². The molecule has 0 aliphatic rings. The first-order valence-electron chi connectivity index (χ1n) is 12.4. The number of halogens is 1. The summed E-state index contributed by atoms with van der Waals surface area (Å²) in [7, 11) is 0. The molecule has 0 aliphatic heterocycles. The summed E-state index contributed by atoms with van der Waals surface area (Å²) < 4.78 is 11.7. The van der Waals surface area contributed by atoms with Crippen LogP contribution in [0.25, 0.3) is 44.3 Å². The summed E-state index contributed by atoms with van der Waals surface area (Å²) in [6.45, 7) is 0. The van der Waals surface area contributed by atoms with E-state index in [1.807, 2.05) is 71.7 Å². The van der Waals surface area contributed by atoms with Crippen molar-refractivity contribution in [1.82, 2.24) is 14.3 Å². The Morgan fingerprint density at radius 2 is 1.37 bits per heavy atom. The van der Waals surface area contributed by atoms with E-state index in [-0.39, 0.29) is 0 Å². The number of nitrogens with zero attached hydrogens (tertiary/aromatic N) is 3. The van der Waals surface area contributed by atoms with Crippen LogP contribution in [0.5, 0.6) is 11.5 Å². The molecule has 0 spiro atoms. The summed E-state index contributed by atoms with van der Waals surface area (Å²) in [5, 5.41) is 6.91. The molecule has 0 unspecified atom stereocenters. The van der Waals surface area contributed by atoms with E-state index in [0.29, 0.717) is 0 Å². The van der Waals surface area contributed by atoms with Crippen LogP contribution in [0.15, 0.2) is 138 Å². The van der Waals surface area contributed by atoms with Gasteiger partial charge in [-0.25, -0.2) is 4.68 Å². The standard InChI is InChI=1S/C33H22BrN3O/c34-25-18-30-29-16-7-8-17-31(29)37(26-12-5-2-6-13-26)33(30)32(19-25)38-28-15-9-14-27(20-28)36-22-24(21-35-36)23-10-3-1-4-11-23/h1-22H. The first-order valence-corrected chi connectivity index (χ1v) is 13.2. The minimum atomic E-state index is 0.739. The van der Waals surface area contributed by atoms with Crippen molar-refractivity contribution in [3.63, 3.8) is 0 Å². The van der Waals surface area contributed by atoms with Crippen molar-refractivity contribution in [1.29, 1.82) is 0 Å². The Morgan fingerprint density at radius 1 is 0.632 bits per heavy atom. The molecule has 0 fully saturated rings. The molecule has 0 saturated heterocycles. The van der Waals surface area contributed by atoms with Gasteiger partial charge in [0.05, 0.1) is 22.9 Å². The molecule has 182 valence electrons.